The third-order valence-electron chi connectivity index (χ3n) is 1.50. The number of rotatable bonds is 8. The van der Waals surface area contributed by atoms with Gasteiger partial charge in [-0.3, -0.25) is 0 Å². The van der Waals surface area contributed by atoms with Crippen molar-refractivity contribution in [2.75, 3.05) is 26.7 Å². The molecule has 0 saturated carbocycles. The largest absolute Gasteiger partial charge is 0.400 e. The molecule has 0 saturated heterocycles. The molecule has 0 amide bonds. The van der Waals surface area contributed by atoms with Gasteiger partial charge in [-0.25, -0.2) is 0 Å². The second-order valence-corrected chi connectivity index (χ2v) is 4.02. The Bertz CT molecular complexity index is 95.5. The van der Waals surface area contributed by atoms with Crippen molar-refractivity contribution < 1.29 is 9.16 Å². The van der Waals surface area contributed by atoms with Crippen LogP contribution in [0.4, 0.5) is 0 Å². The highest BCUT2D eigenvalue weighted by Gasteiger charge is 1.97. The Hall–Kier alpha value is 0.0569. The van der Waals surface area contributed by atoms with Crippen LogP contribution in [0.25, 0.3) is 0 Å². The Morgan fingerprint density at radius 3 is 2.83 bits per heavy atom. The minimum Gasteiger partial charge on any atom is -0.400 e. The van der Waals surface area contributed by atoms with Crippen LogP contribution in [0.15, 0.2) is 0 Å². The minimum atomic E-state index is -0.403. The lowest BCUT2D eigenvalue weighted by atomic mass is 10.6. The van der Waals surface area contributed by atoms with Gasteiger partial charge in [0.2, 0.25) is 0 Å². The summed E-state index contributed by atoms with van der Waals surface area (Å²) in [7, 11) is 1.26. The van der Waals surface area contributed by atoms with E-state index in [0.29, 0.717) is 6.54 Å². The van der Waals surface area contributed by atoms with E-state index >= 15 is 0 Å². The fraction of sp³-hybridized carbons (Fsp3) is 1.00. The lowest BCUT2D eigenvalue weighted by molar-refractivity contribution is -0.0371. The normalized spacial score (nSPS) is 14.2. The van der Waals surface area contributed by atoms with Gasteiger partial charge in [-0.2, -0.15) is 0 Å². The topological polar surface area (TPSA) is 56.5 Å². The summed E-state index contributed by atoms with van der Waals surface area (Å²) in [6, 6.07) is 1.13. The van der Waals surface area contributed by atoms with Crippen LogP contribution >= 0.6 is 0 Å². The van der Waals surface area contributed by atoms with E-state index in [1.165, 1.54) is 0 Å². The molecule has 0 aromatic carbocycles. The third kappa shape index (κ3) is 8.16. The van der Waals surface area contributed by atoms with Crippen molar-refractivity contribution in [3.63, 3.8) is 0 Å². The standard InChI is InChI=1S/C7H20N2O2Si/c1-7(10-2)11-12-6-5-9-4-3-8/h7,9H,3-6,8,12H2,1-2H3. The molecular formula is C7H20N2O2Si. The second-order valence-electron chi connectivity index (χ2n) is 2.57. The summed E-state index contributed by atoms with van der Waals surface area (Å²) in [5.74, 6) is 0. The number of hydrogen-bond acceptors (Lipinski definition) is 4. The molecule has 1 unspecified atom stereocenters. The highest BCUT2D eigenvalue weighted by Crippen LogP contribution is 1.89. The summed E-state index contributed by atoms with van der Waals surface area (Å²) in [6.07, 6.45) is -0.0359. The zero-order valence-corrected chi connectivity index (χ0v) is 9.42. The summed E-state index contributed by atoms with van der Waals surface area (Å²) in [5.41, 5.74) is 5.31. The predicted molar refractivity (Wildman–Crippen MR) is 52.8 cm³/mol. The molecule has 74 valence electrons. The van der Waals surface area contributed by atoms with Gasteiger partial charge in [0.25, 0.3) is 0 Å². The summed E-state index contributed by atoms with van der Waals surface area (Å²) >= 11 is 0. The van der Waals surface area contributed by atoms with Crippen LogP contribution in [-0.2, 0) is 9.16 Å². The number of ether oxygens (including phenoxy) is 1. The summed E-state index contributed by atoms with van der Waals surface area (Å²) in [5, 5.41) is 3.22. The molecule has 12 heavy (non-hydrogen) atoms. The van der Waals surface area contributed by atoms with E-state index in [9.17, 15) is 0 Å². The van der Waals surface area contributed by atoms with E-state index in [1.807, 2.05) is 6.92 Å². The van der Waals surface area contributed by atoms with Gasteiger partial charge in [0, 0.05) is 20.2 Å². The van der Waals surface area contributed by atoms with Crippen molar-refractivity contribution in [3.8, 4) is 0 Å². The molecule has 0 aliphatic heterocycles. The Labute approximate surface area is 76.7 Å². The molecule has 0 aliphatic rings. The molecule has 4 nitrogen and oxygen atoms in total. The molecule has 0 bridgehead atoms. The maximum Gasteiger partial charge on any atom is 0.166 e. The van der Waals surface area contributed by atoms with Crippen molar-refractivity contribution in [3.05, 3.63) is 0 Å². The maximum absolute atomic E-state index is 5.42. The SMILES string of the molecule is COC(C)O[SiH2]CCNCCN. The first kappa shape index (κ1) is 12.1. The first-order chi connectivity index (χ1) is 5.81. The monoisotopic (exact) mass is 192 g/mol. The van der Waals surface area contributed by atoms with E-state index in [4.69, 9.17) is 14.9 Å². The Kier molecular flexibility index (Phi) is 9.19. The van der Waals surface area contributed by atoms with Gasteiger partial charge in [-0.05, 0) is 19.5 Å². The van der Waals surface area contributed by atoms with Gasteiger partial charge in [0.1, 0.15) is 6.29 Å². The first-order valence-corrected chi connectivity index (χ1v) is 5.94. The molecule has 0 aromatic rings. The van der Waals surface area contributed by atoms with Crippen LogP contribution in [0, 0.1) is 0 Å². The van der Waals surface area contributed by atoms with Crippen LogP contribution < -0.4 is 11.1 Å². The lowest BCUT2D eigenvalue weighted by Crippen LogP contribution is -2.25. The molecule has 0 aromatic heterocycles. The Morgan fingerprint density at radius 2 is 2.25 bits per heavy atom. The van der Waals surface area contributed by atoms with Gasteiger partial charge >= 0.3 is 0 Å². The second kappa shape index (κ2) is 9.15. The number of nitrogens with one attached hydrogen (secondary N) is 1. The zero-order valence-electron chi connectivity index (χ0n) is 8.01. The van der Waals surface area contributed by atoms with E-state index in [1.54, 1.807) is 7.11 Å². The van der Waals surface area contributed by atoms with E-state index < -0.39 is 9.76 Å². The average molecular weight is 192 g/mol. The van der Waals surface area contributed by atoms with Crippen molar-refractivity contribution in [2.24, 2.45) is 5.73 Å². The average Bonchev–Trinajstić information content (AvgIpc) is 2.10. The van der Waals surface area contributed by atoms with Gasteiger partial charge < -0.3 is 20.2 Å². The molecule has 5 heteroatoms. The number of nitrogens with two attached hydrogens (primary N) is 1. The predicted octanol–water partition coefficient (Wildman–Crippen LogP) is -0.954. The van der Waals surface area contributed by atoms with Crippen molar-refractivity contribution in [1.82, 2.24) is 5.32 Å². The van der Waals surface area contributed by atoms with Gasteiger partial charge in [0.05, 0.1) is 0 Å². The maximum atomic E-state index is 5.42. The number of hydrogen-bond donors (Lipinski definition) is 2. The molecule has 0 aliphatic carbocycles. The van der Waals surface area contributed by atoms with Gasteiger partial charge in [0.15, 0.2) is 9.76 Å². The first-order valence-electron chi connectivity index (χ1n) is 4.36. The number of methoxy groups -OCH3 is 1. The van der Waals surface area contributed by atoms with Crippen LogP contribution in [0.1, 0.15) is 6.92 Å². The van der Waals surface area contributed by atoms with E-state index in [-0.39, 0.29) is 6.29 Å². The van der Waals surface area contributed by atoms with Crippen molar-refractivity contribution >= 4 is 9.76 Å². The van der Waals surface area contributed by atoms with Gasteiger partial charge in [-0.15, -0.1) is 0 Å². The Balaban J connectivity index is 2.90. The van der Waals surface area contributed by atoms with E-state index in [2.05, 4.69) is 5.32 Å². The molecule has 0 spiro atoms. The molecule has 0 fully saturated rings. The van der Waals surface area contributed by atoms with Crippen LogP contribution in [0.3, 0.4) is 0 Å². The smallest absolute Gasteiger partial charge is 0.166 e. The highest BCUT2D eigenvalue weighted by molar-refractivity contribution is 6.27. The van der Waals surface area contributed by atoms with Crippen LogP contribution in [-0.4, -0.2) is 42.8 Å². The minimum absolute atomic E-state index is 0.0359. The molecule has 0 radical (unpaired) electrons. The Morgan fingerprint density at radius 1 is 1.50 bits per heavy atom. The quantitative estimate of drug-likeness (QED) is 0.296. The highest BCUT2D eigenvalue weighted by atomic mass is 28.2. The van der Waals surface area contributed by atoms with Crippen LogP contribution in [0.2, 0.25) is 6.04 Å². The molecular weight excluding hydrogens is 172 g/mol. The molecule has 0 heterocycles. The third-order valence-corrected chi connectivity index (χ3v) is 2.85. The molecule has 3 N–H and O–H groups in total. The van der Waals surface area contributed by atoms with Crippen molar-refractivity contribution in [1.29, 1.82) is 0 Å². The fourth-order valence-electron chi connectivity index (χ4n) is 0.742. The molecule has 1 atom stereocenters. The summed E-state index contributed by atoms with van der Waals surface area (Å²) in [6.45, 7) is 4.53. The van der Waals surface area contributed by atoms with Gasteiger partial charge in [-0.1, -0.05) is 0 Å². The fourth-order valence-corrected chi connectivity index (χ4v) is 1.77. The summed E-state index contributed by atoms with van der Waals surface area (Å²) in [4.78, 5) is 0. The summed E-state index contributed by atoms with van der Waals surface area (Å²) < 4.78 is 10.4. The molecule has 0 rings (SSSR count). The van der Waals surface area contributed by atoms with Crippen molar-refractivity contribution in [2.45, 2.75) is 19.3 Å². The van der Waals surface area contributed by atoms with E-state index in [0.717, 1.165) is 19.1 Å². The zero-order chi connectivity index (χ0) is 9.23. The van der Waals surface area contributed by atoms with Crippen LogP contribution in [0.5, 0.6) is 0 Å². The lowest BCUT2D eigenvalue weighted by Gasteiger charge is -2.10.